The minimum atomic E-state index is 0.259. The van der Waals surface area contributed by atoms with Crippen LogP contribution < -0.4 is 0 Å². The maximum absolute atomic E-state index is 5.91. The molecular weight excluding hydrogens is 222 g/mol. The van der Waals surface area contributed by atoms with Gasteiger partial charge in [0.1, 0.15) is 0 Å². The second-order valence-electron chi connectivity index (χ2n) is 5.26. The highest BCUT2D eigenvalue weighted by Gasteiger charge is 2.15. The summed E-state index contributed by atoms with van der Waals surface area (Å²) in [6.45, 7) is 11.7. The van der Waals surface area contributed by atoms with Crippen LogP contribution in [0, 0.1) is 0 Å². The van der Waals surface area contributed by atoms with E-state index in [4.69, 9.17) is 9.73 Å². The van der Waals surface area contributed by atoms with Crippen molar-refractivity contribution in [3.8, 4) is 0 Å². The summed E-state index contributed by atoms with van der Waals surface area (Å²) in [6.07, 6.45) is 8.77. The van der Waals surface area contributed by atoms with E-state index >= 15 is 0 Å². The van der Waals surface area contributed by atoms with Crippen LogP contribution in [-0.4, -0.2) is 24.5 Å². The van der Waals surface area contributed by atoms with Gasteiger partial charge >= 0.3 is 0 Å². The van der Waals surface area contributed by atoms with Crippen molar-refractivity contribution in [2.75, 3.05) is 6.61 Å². The molecule has 0 saturated heterocycles. The van der Waals surface area contributed by atoms with Crippen molar-refractivity contribution in [1.82, 2.24) is 0 Å². The van der Waals surface area contributed by atoms with Gasteiger partial charge in [0.15, 0.2) is 0 Å². The Morgan fingerprint density at radius 3 is 2.17 bits per heavy atom. The molecule has 2 nitrogen and oxygen atoms in total. The molecule has 0 heterocycles. The van der Waals surface area contributed by atoms with Gasteiger partial charge in [-0.3, -0.25) is 4.99 Å². The van der Waals surface area contributed by atoms with Crippen LogP contribution in [0.2, 0.25) is 0 Å². The maximum atomic E-state index is 5.91. The molecular formula is C16H33NO. The molecule has 0 bridgehead atoms. The molecule has 0 amide bonds. The molecule has 0 N–H and O–H groups in total. The van der Waals surface area contributed by atoms with E-state index in [-0.39, 0.29) is 6.10 Å². The molecule has 0 aliphatic heterocycles. The van der Waals surface area contributed by atoms with Crippen molar-refractivity contribution in [2.45, 2.75) is 91.7 Å². The largest absolute Gasteiger partial charge is 0.373 e. The zero-order chi connectivity index (χ0) is 13.8. The lowest BCUT2D eigenvalue weighted by molar-refractivity contribution is 0.0998. The summed E-state index contributed by atoms with van der Waals surface area (Å²) in [5, 5.41) is 0. The topological polar surface area (TPSA) is 21.6 Å². The van der Waals surface area contributed by atoms with Crippen molar-refractivity contribution >= 4 is 5.71 Å². The smallest absolute Gasteiger partial charge is 0.0951 e. The summed E-state index contributed by atoms with van der Waals surface area (Å²) in [5.41, 5.74) is 1.30. The van der Waals surface area contributed by atoms with Gasteiger partial charge < -0.3 is 4.74 Å². The molecule has 2 heteroatoms. The van der Waals surface area contributed by atoms with Crippen LogP contribution in [0.1, 0.15) is 79.6 Å². The highest BCUT2D eigenvalue weighted by molar-refractivity contribution is 5.88. The minimum absolute atomic E-state index is 0.259. The first-order valence-corrected chi connectivity index (χ1v) is 7.83. The second-order valence-corrected chi connectivity index (χ2v) is 5.26. The number of hydrogen-bond acceptors (Lipinski definition) is 2. The van der Waals surface area contributed by atoms with E-state index < -0.39 is 0 Å². The Bertz CT molecular complexity index is 211. The van der Waals surface area contributed by atoms with Gasteiger partial charge in [-0.15, -0.1) is 0 Å². The first-order chi connectivity index (χ1) is 8.65. The number of rotatable bonds is 11. The molecule has 18 heavy (non-hydrogen) atoms. The van der Waals surface area contributed by atoms with E-state index in [1.165, 1.54) is 37.8 Å². The Kier molecular flexibility index (Phi) is 11.5. The number of ether oxygens (including phenoxy) is 1. The van der Waals surface area contributed by atoms with Crippen LogP contribution in [0.15, 0.2) is 4.99 Å². The highest BCUT2D eigenvalue weighted by Crippen LogP contribution is 2.14. The fourth-order valence-electron chi connectivity index (χ4n) is 2.13. The minimum Gasteiger partial charge on any atom is -0.373 e. The lowest BCUT2D eigenvalue weighted by atomic mass is 10.0. The Balaban J connectivity index is 4.52. The van der Waals surface area contributed by atoms with Crippen molar-refractivity contribution < 1.29 is 4.74 Å². The predicted molar refractivity (Wildman–Crippen MR) is 81.7 cm³/mol. The molecule has 1 unspecified atom stereocenters. The summed E-state index contributed by atoms with van der Waals surface area (Å²) in [5.74, 6) is 0. The fraction of sp³-hybridized carbons (Fsp3) is 0.938. The summed E-state index contributed by atoms with van der Waals surface area (Å²) < 4.78 is 5.91. The number of aliphatic imine (C=N–C) groups is 1. The molecule has 0 aliphatic rings. The van der Waals surface area contributed by atoms with Crippen LogP contribution in [0.5, 0.6) is 0 Å². The third-order valence-electron chi connectivity index (χ3n) is 3.02. The van der Waals surface area contributed by atoms with E-state index in [0.717, 1.165) is 19.4 Å². The van der Waals surface area contributed by atoms with Gasteiger partial charge in [-0.1, -0.05) is 39.5 Å². The Labute approximate surface area is 114 Å². The molecule has 0 aliphatic carbocycles. The number of hydrogen-bond donors (Lipinski definition) is 0. The van der Waals surface area contributed by atoms with Crippen LogP contribution in [-0.2, 0) is 4.74 Å². The lowest BCUT2D eigenvalue weighted by Crippen LogP contribution is -2.25. The molecule has 0 rings (SSSR count). The van der Waals surface area contributed by atoms with Gasteiger partial charge in [0.2, 0.25) is 0 Å². The second kappa shape index (κ2) is 11.7. The summed E-state index contributed by atoms with van der Waals surface area (Å²) in [6, 6.07) is 0.381. The van der Waals surface area contributed by atoms with Gasteiger partial charge in [0.25, 0.3) is 0 Å². The van der Waals surface area contributed by atoms with Crippen LogP contribution in [0.3, 0.4) is 0 Å². The summed E-state index contributed by atoms with van der Waals surface area (Å²) in [7, 11) is 0. The van der Waals surface area contributed by atoms with E-state index in [1.807, 2.05) is 0 Å². The van der Waals surface area contributed by atoms with Gasteiger partial charge in [-0.05, 0) is 40.0 Å². The quantitative estimate of drug-likeness (QED) is 0.375. The first kappa shape index (κ1) is 17.6. The van der Waals surface area contributed by atoms with E-state index in [2.05, 4.69) is 34.6 Å². The zero-order valence-corrected chi connectivity index (χ0v) is 13.2. The van der Waals surface area contributed by atoms with Gasteiger partial charge in [-0.2, -0.15) is 0 Å². The Morgan fingerprint density at radius 1 is 1.00 bits per heavy atom. The first-order valence-electron chi connectivity index (χ1n) is 7.83. The van der Waals surface area contributed by atoms with Crippen LogP contribution in [0.25, 0.3) is 0 Å². The molecule has 0 radical (unpaired) electrons. The molecule has 0 aromatic carbocycles. The van der Waals surface area contributed by atoms with Crippen LogP contribution >= 0.6 is 0 Å². The lowest BCUT2D eigenvalue weighted by Gasteiger charge is -2.20. The molecule has 1 atom stereocenters. The molecule has 0 aromatic rings. The summed E-state index contributed by atoms with van der Waals surface area (Å²) >= 11 is 0. The zero-order valence-electron chi connectivity index (χ0n) is 13.2. The van der Waals surface area contributed by atoms with Gasteiger partial charge in [0, 0.05) is 18.4 Å². The SMILES string of the molecule is CCCCCC(=NC(C)C)C(CCCC)OCC. The molecule has 108 valence electrons. The molecule has 0 spiro atoms. The Hall–Kier alpha value is -0.370. The molecule has 0 saturated carbocycles. The highest BCUT2D eigenvalue weighted by atomic mass is 16.5. The average molecular weight is 255 g/mol. The average Bonchev–Trinajstić information content (AvgIpc) is 2.33. The number of unbranched alkanes of at least 4 members (excludes halogenated alkanes) is 3. The third kappa shape index (κ3) is 8.68. The van der Waals surface area contributed by atoms with E-state index in [0.29, 0.717) is 6.04 Å². The van der Waals surface area contributed by atoms with Crippen molar-refractivity contribution in [1.29, 1.82) is 0 Å². The van der Waals surface area contributed by atoms with Gasteiger partial charge in [0.05, 0.1) is 6.10 Å². The molecule has 0 fully saturated rings. The third-order valence-corrected chi connectivity index (χ3v) is 3.02. The fourth-order valence-corrected chi connectivity index (χ4v) is 2.13. The summed E-state index contributed by atoms with van der Waals surface area (Å²) in [4.78, 5) is 4.81. The monoisotopic (exact) mass is 255 g/mol. The predicted octanol–water partition coefficient (Wildman–Crippen LogP) is 5.01. The normalized spacial score (nSPS) is 14.2. The van der Waals surface area contributed by atoms with Crippen molar-refractivity contribution in [2.24, 2.45) is 4.99 Å². The standard InChI is InChI=1S/C16H33NO/c1-6-9-11-12-15(17-14(4)5)16(18-8-3)13-10-7-2/h14,16H,6-13H2,1-5H3. The Morgan fingerprint density at radius 2 is 1.67 bits per heavy atom. The number of nitrogens with zero attached hydrogens (tertiary/aromatic N) is 1. The molecule has 0 aromatic heterocycles. The van der Waals surface area contributed by atoms with E-state index in [9.17, 15) is 0 Å². The maximum Gasteiger partial charge on any atom is 0.0951 e. The van der Waals surface area contributed by atoms with Gasteiger partial charge in [-0.25, -0.2) is 0 Å². The van der Waals surface area contributed by atoms with Crippen molar-refractivity contribution in [3.63, 3.8) is 0 Å². The van der Waals surface area contributed by atoms with Crippen molar-refractivity contribution in [3.05, 3.63) is 0 Å². The van der Waals surface area contributed by atoms with Crippen LogP contribution in [0.4, 0.5) is 0 Å². The van der Waals surface area contributed by atoms with E-state index in [1.54, 1.807) is 0 Å².